The minimum Gasteiger partial charge on any atom is -0.372 e. The maximum atomic E-state index is 12.8. The number of nitrogens with one attached hydrogen (secondary N) is 1. The molecule has 0 bridgehead atoms. The lowest BCUT2D eigenvalue weighted by atomic mass is 9.79. The third-order valence-corrected chi connectivity index (χ3v) is 5.39. The quantitative estimate of drug-likeness (QED) is 0.730. The molecule has 2 aromatic carbocycles. The van der Waals surface area contributed by atoms with E-state index in [0.29, 0.717) is 23.8 Å². The fraction of sp³-hybridized carbons (Fsp3) is 0.238. The van der Waals surface area contributed by atoms with Gasteiger partial charge in [0.2, 0.25) is 0 Å². The van der Waals surface area contributed by atoms with Crippen molar-refractivity contribution in [1.29, 1.82) is 0 Å². The third kappa shape index (κ3) is 3.47. The Morgan fingerprint density at radius 3 is 2.78 bits per heavy atom. The van der Waals surface area contributed by atoms with Gasteiger partial charge in [0.05, 0.1) is 11.2 Å². The number of carbonyl (C=O) groups excluding carboxylic acids is 1. The Hall–Kier alpha value is -2.66. The Labute approximate surface area is 163 Å². The first-order valence-corrected chi connectivity index (χ1v) is 8.92. The monoisotopic (exact) mass is 385 g/mol. The van der Waals surface area contributed by atoms with Gasteiger partial charge in [-0.1, -0.05) is 42.5 Å². The van der Waals surface area contributed by atoms with Crippen molar-refractivity contribution in [3.8, 4) is 0 Å². The molecule has 1 aliphatic rings. The van der Waals surface area contributed by atoms with Gasteiger partial charge in [-0.2, -0.15) is 0 Å². The molecule has 1 heterocycles. The summed E-state index contributed by atoms with van der Waals surface area (Å²) in [6.07, 6.45) is 1.72. The summed E-state index contributed by atoms with van der Waals surface area (Å²) in [6.45, 7) is 9.04. The van der Waals surface area contributed by atoms with Crippen LogP contribution >= 0.6 is 11.6 Å². The van der Waals surface area contributed by atoms with E-state index in [-0.39, 0.29) is 0 Å². The molecule has 1 aliphatic heterocycles. The van der Waals surface area contributed by atoms with E-state index in [1.165, 1.54) is 4.90 Å². The predicted molar refractivity (Wildman–Crippen MR) is 110 cm³/mol. The smallest absolute Gasteiger partial charge is 0.254 e. The van der Waals surface area contributed by atoms with Crippen molar-refractivity contribution in [2.24, 2.45) is 4.99 Å². The average Bonchev–Trinajstić information content (AvgIpc) is 2.66. The van der Waals surface area contributed by atoms with Crippen LogP contribution in [-0.4, -0.2) is 37.3 Å². The number of alkyl halides is 1. The number of aliphatic imine (C=N–C) groups is 1. The van der Waals surface area contributed by atoms with E-state index in [1.807, 2.05) is 43.3 Å². The van der Waals surface area contributed by atoms with Gasteiger partial charge in [0.1, 0.15) is 0 Å². The van der Waals surface area contributed by atoms with Gasteiger partial charge in [-0.25, -0.2) is 4.39 Å². The number of likely N-dealkylation sites (tertiary alicyclic amines) is 1. The normalized spacial score (nSPS) is 15.0. The highest BCUT2D eigenvalue weighted by Crippen LogP contribution is 2.40. The predicted octanol–water partition coefficient (Wildman–Crippen LogP) is 4.74. The fourth-order valence-corrected chi connectivity index (χ4v) is 3.69. The van der Waals surface area contributed by atoms with Crippen LogP contribution < -0.4 is 5.32 Å². The van der Waals surface area contributed by atoms with Crippen LogP contribution in [0.5, 0.6) is 0 Å². The number of amides is 1. The molecule has 0 atom stereocenters. The van der Waals surface area contributed by atoms with Crippen molar-refractivity contribution < 1.29 is 9.18 Å². The number of hydrogen-bond acceptors (Lipinski definition) is 3. The van der Waals surface area contributed by atoms with Crippen molar-refractivity contribution in [3.63, 3.8) is 0 Å². The van der Waals surface area contributed by atoms with E-state index < -0.39 is 18.1 Å². The Balaban J connectivity index is 1.99. The molecule has 0 saturated carbocycles. The van der Waals surface area contributed by atoms with Gasteiger partial charge < -0.3 is 10.2 Å². The van der Waals surface area contributed by atoms with Gasteiger partial charge >= 0.3 is 0 Å². The third-order valence-electron chi connectivity index (χ3n) is 4.98. The molecule has 6 heteroatoms. The first kappa shape index (κ1) is 19.1. The van der Waals surface area contributed by atoms with Crippen LogP contribution in [0.1, 0.15) is 16.7 Å². The number of anilines is 1. The zero-order valence-electron chi connectivity index (χ0n) is 15.1. The minimum atomic E-state index is -0.997. The summed E-state index contributed by atoms with van der Waals surface area (Å²) in [6, 6.07) is 11.4. The molecule has 140 valence electrons. The van der Waals surface area contributed by atoms with E-state index in [9.17, 15) is 9.18 Å². The van der Waals surface area contributed by atoms with E-state index in [0.717, 1.165) is 22.4 Å². The van der Waals surface area contributed by atoms with E-state index in [4.69, 9.17) is 11.6 Å². The van der Waals surface area contributed by atoms with Crippen LogP contribution in [0.15, 0.2) is 48.0 Å². The summed E-state index contributed by atoms with van der Waals surface area (Å²) in [5, 5.41) is 4.17. The molecule has 2 aromatic rings. The number of halogens is 2. The molecule has 1 amide bonds. The van der Waals surface area contributed by atoms with Crippen LogP contribution in [0.25, 0.3) is 6.08 Å². The molecule has 3 rings (SSSR count). The van der Waals surface area contributed by atoms with Crippen molar-refractivity contribution in [2.45, 2.75) is 12.5 Å². The van der Waals surface area contributed by atoms with Gasteiger partial charge in [-0.05, 0) is 48.5 Å². The number of carbonyl (C=O) groups is 1. The lowest BCUT2D eigenvalue weighted by Gasteiger charge is -2.51. The van der Waals surface area contributed by atoms with Crippen LogP contribution in [0, 0.1) is 6.92 Å². The van der Waals surface area contributed by atoms with Gasteiger partial charge in [0.25, 0.3) is 5.91 Å². The molecule has 4 nitrogen and oxygen atoms in total. The number of hydrogen-bond donors (Lipinski definition) is 1. The molecule has 1 saturated heterocycles. The molecule has 27 heavy (non-hydrogen) atoms. The molecule has 0 unspecified atom stereocenters. The second kappa shape index (κ2) is 7.53. The minimum absolute atomic E-state index is 0.358. The van der Waals surface area contributed by atoms with Gasteiger partial charge in [0.15, 0.2) is 6.67 Å². The number of nitrogens with zero attached hydrogens (tertiary/aromatic N) is 2. The summed E-state index contributed by atoms with van der Waals surface area (Å²) >= 11 is 6.31. The van der Waals surface area contributed by atoms with Crippen molar-refractivity contribution >= 4 is 41.7 Å². The van der Waals surface area contributed by atoms with E-state index in [1.54, 1.807) is 6.08 Å². The Bertz CT molecular complexity index is 906. The summed E-state index contributed by atoms with van der Waals surface area (Å²) < 4.78 is 12.8. The molecule has 0 radical (unpaired) electrons. The molecule has 0 spiro atoms. The van der Waals surface area contributed by atoms with Crippen molar-refractivity contribution in [1.82, 2.24) is 4.90 Å². The molecule has 1 fully saturated rings. The van der Waals surface area contributed by atoms with Gasteiger partial charge in [-0.3, -0.25) is 9.79 Å². The largest absolute Gasteiger partial charge is 0.372 e. The molecule has 0 aliphatic carbocycles. The van der Waals surface area contributed by atoms with Gasteiger partial charge in [0, 0.05) is 23.8 Å². The van der Waals surface area contributed by atoms with Gasteiger partial charge in [-0.15, -0.1) is 0 Å². The lowest BCUT2D eigenvalue weighted by Crippen LogP contribution is -2.65. The van der Waals surface area contributed by atoms with Crippen molar-refractivity contribution in [2.75, 3.05) is 25.1 Å². The maximum absolute atomic E-state index is 12.8. The van der Waals surface area contributed by atoms with Crippen LogP contribution in [0.3, 0.4) is 0 Å². The average molecular weight is 386 g/mol. The zero-order chi connectivity index (χ0) is 19.6. The Morgan fingerprint density at radius 1 is 1.41 bits per heavy atom. The second-order valence-electron chi connectivity index (χ2n) is 6.64. The van der Waals surface area contributed by atoms with Crippen LogP contribution in [0.4, 0.5) is 15.8 Å². The topological polar surface area (TPSA) is 44.7 Å². The molecular formula is C21H21ClFN3O. The number of benzene rings is 2. The highest BCUT2D eigenvalue weighted by Gasteiger charge is 2.47. The van der Waals surface area contributed by atoms with Crippen molar-refractivity contribution in [3.05, 3.63) is 64.7 Å². The van der Waals surface area contributed by atoms with Crippen LogP contribution in [-0.2, 0) is 10.3 Å². The van der Waals surface area contributed by atoms with Crippen LogP contribution in [0.2, 0.25) is 5.02 Å². The summed E-state index contributed by atoms with van der Waals surface area (Å²) in [5.41, 5.74) is 3.79. The van der Waals surface area contributed by atoms with E-state index in [2.05, 4.69) is 23.6 Å². The highest BCUT2D eigenvalue weighted by atomic mass is 35.5. The first-order valence-electron chi connectivity index (χ1n) is 8.55. The first-order chi connectivity index (χ1) is 12.9. The molecule has 0 aromatic heterocycles. The maximum Gasteiger partial charge on any atom is 0.254 e. The SMILES string of the molecule is C=Cc1ccc(NC2(c3cccc(Cl)c3C)CN(C(=O)CF)C2)cc1N=C. The molecule has 1 N–H and O–H groups in total. The fourth-order valence-electron chi connectivity index (χ4n) is 3.52. The zero-order valence-corrected chi connectivity index (χ0v) is 15.9. The Morgan fingerprint density at radius 2 is 2.15 bits per heavy atom. The standard InChI is InChI=1S/C21H21ClFN3O/c1-4-15-8-9-16(10-19(15)24-3)25-21(12-26(13-21)20(27)11-23)17-6-5-7-18(22)14(17)2/h4-10,25H,1,3,11-13H2,2H3. The highest BCUT2D eigenvalue weighted by molar-refractivity contribution is 6.31. The summed E-state index contributed by atoms with van der Waals surface area (Å²) in [5.74, 6) is -0.512. The second-order valence-corrected chi connectivity index (χ2v) is 7.05. The summed E-state index contributed by atoms with van der Waals surface area (Å²) in [4.78, 5) is 17.3. The van der Waals surface area contributed by atoms with E-state index >= 15 is 0 Å². The summed E-state index contributed by atoms with van der Waals surface area (Å²) in [7, 11) is 0. The Kier molecular flexibility index (Phi) is 5.33. The number of rotatable bonds is 6. The lowest BCUT2D eigenvalue weighted by molar-refractivity contribution is -0.139. The molecular weight excluding hydrogens is 365 g/mol.